The van der Waals surface area contributed by atoms with E-state index < -0.39 is 0 Å². The average Bonchev–Trinajstić information content (AvgIpc) is 1.37. The number of hydrogen-bond donors (Lipinski definition) is 1. The highest BCUT2D eigenvalue weighted by Crippen LogP contribution is 2.09. The number of hydrogen-bond acceptors (Lipinski definition) is 1. The summed E-state index contributed by atoms with van der Waals surface area (Å²) in [5.74, 6) is 0. The van der Waals surface area contributed by atoms with Crippen LogP contribution in [0.2, 0.25) is 0 Å². The fraction of sp³-hybridized carbons (Fsp3) is 0. The summed E-state index contributed by atoms with van der Waals surface area (Å²) in [6, 6.07) is 0. The molecule has 0 aromatic rings. The van der Waals surface area contributed by atoms with E-state index in [4.69, 9.17) is 11.2 Å². The first-order valence-corrected chi connectivity index (χ1v) is 3.32. The van der Waals surface area contributed by atoms with Crippen LogP contribution >= 0.6 is 28.7 Å². The third-order valence-electron chi connectivity index (χ3n) is 0.0546. The maximum atomic E-state index is 5.08. The molecule has 26 valence electrons. The van der Waals surface area contributed by atoms with Gasteiger partial charge in [0.05, 0.1) is 0 Å². The summed E-state index contributed by atoms with van der Waals surface area (Å²) in [6.07, 6.45) is 0. The zero-order valence-corrected chi connectivity index (χ0v) is 4.87. The quantitative estimate of drug-likeness (QED) is 0.505. The third-order valence-corrected chi connectivity index (χ3v) is 1.47. The van der Waals surface area contributed by atoms with Crippen molar-refractivity contribution >= 4 is 28.7 Å². The molecule has 0 aliphatic heterocycles. The van der Waals surface area contributed by atoms with E-state index in [1.807, 2.05) is 0 Å². The average molecular weight is 115 g/mol. The molecular formula is H4ClNP2. The Kier molecular flexibility index (Phi) is 5.25. The summed E-state index contributed by atoms with van der Waals surface area (Å²) in [5.41, 5.74) is 0. The van der Waals surface area contributed by atoms with Gasteiger partial charge in [-0.3, -0.25) is 4.86 Å². The molecule has 0 saturated heterocycles. The first-order valence-electron chi connectivity index (χ1n) is 0.728. The highest BCUT2D eigenvalue weighted by molar-refractivity contribution is 7.70. The lowest BCUT2D eigenvalue weighted by Crippen LogP contribution is -1.61. The SMILES string of the molecule is PNPCl. The normalized spacial score (nSPS) is 10.5. The molecule has 0 amide bonds. The van der Waals surface area contributed by atoms with Gasteiger partial charge in [0.2, 0.25) is 0 Å². The predicted octanol–water partition coefficient (Wildman–Crippen LogP) is 1.11. The zero-order chi connectivity index (χ0) is 3.41. The van der Waals surface area contributed by atoms with Gasteiger partial charge in [0.25, 0.3) is 0 Å². The van der Waals surface area contributed by atoms with Gasteiger partial charge in [0.1, 0.15) is 0 Å². The molecule has 0 rings (SSSR count). The lowest BCUT2D eigenvalue weighted by molar-refractivity contribution is 1.77. The van der Waals surface area contributed by atoms with E-state index in [1.54, 1.807) is 0 Å². The minimum absolute atomic E-state index is 0.326. The monoisotopic (exact) mass is 115 g/mol. The van der Waals surface area contributed by atoms with Gasteiger partial charge in [0.15, 0.2) is 0 Å². The van der Waals surface area contributed by atoms with Crippen LogP contribution in [0.25, 0.3) is 0 Å². The number of nitrogens with one attached hydrogen (secondary N) is 1. The van der Waals surface area contributed by atoms with Crippen LogP contribution < -0.4 is 4.86 Å². The molecule has 0 fully saturated rings. The molecule has 4 heavy (non-hydrogen) atoms. The second-order valence-electron chi connectivity index (χ2n) is 0.239. The highest BCUT2D eigenvalue weighted by atomic mass is 35.7. The van der Waals surface area contributed by atoms with Crippen molar-refractivity contribution in [3.63, 3.8) is 0 Å². The van der Waals surface area contributed by atoms with Crippen molar-refractivity contribution in [2.45, 2.75) is 0 Å². The molecule has 0 heterocycles. The van der Waals surface area contributed by atoms with Crippen LogP contribution in [-0.2, 0) is 0 Å². The maximum absolute atomic E-state index is 5.08. The largest absolute Gasteiger partial charge is 0.269 e. The second kappa shape index (κ2) is 4.11. The molecule has 0 spiro atoms. The standard InChI is InChI=1S/ClH4NP2/c1-4-2-3/h2,4H,3H2. The zero-order valence-electron chi connectivity index (χ0n) is 1.96. The summed E-state index contributed by atoms with van der Waals surface area (Å²) in [4.78, 5) is 2.64. The maximum Gasteiger partial charge on any atom is 0.0482 e. The van der Waals surface area contributed by atoms with Gasteiger partial charge in [-0.05, 0) is 0 Å². The Morgan fingerprint density at radius 2 is 2.25 bits per heavy atom. The van der Waals surface area contributed by atoms with Crippen molar-refractivity contribution in [2.75, 3.05) is 0 Å². The van der Waals surface area contributed by atoms with Gasteiger partial charge in [-0.25, -0.2) is 0 Å². The summed E-state index contributed by atoms with van der Waals surface area (Å²) >= 11 is 5.08. The van der Waals surface area contributed by atoms with Gasteiger partial charge < -0.3 is 0 Å². The van der Waals surface area contributed by atoms with E-state index in [2.05, 4.69) is 14.2 Å². The molecule has 0 aliphatic rings. The lowest BCUT2D eigenvalue weighted by Gasteiger charge is -1.73. The van der Waals surface area contributed by atoms with Gasteiger partial charge >= 0.3 is 0 Å². The van der Waals surface area contributed by atoms with E-state index in [-0.39, 0.29) is 0 Å². The van der Waals surface area contributed by atoms with E-state index in [0.29, 0.717) is 8.08 Å². The summed E-state index contributed by atoms with van der Waals surface area (Å²) < 4.78 is 0. The van der Waals surface area contributed by atoms with E-state index >= 15 is 0 Å². The van der Waals surface area contributed by atoms with Crippen LogP contribution in [0.4, 0.5) is 0 Å². The van der Waals surface area contributed by atoms with E-state index in [1.165, 1.54) is 0 Å². The van der Waals surface area contributed by atoms with E-state index in [9.17, 15) is 0 Å². The molecule has 4 heteroatoms. The molecule has 2 unspecified atom stereocenters. The van der Waals surface area contributed by atoms with E-state index in [0.717, 1.165) is 0 Å². The Labute approximate surface area is 34.4 Å². The summed E-state index contributed by atoms with van der Waals surface area (Å²) in [6.45, 7) is 0. The predicted molar refractivity (Wildman–Crippen MR) is 27.0 cm³/mol. The smallest absolute Gasteiger partial charge is 0.0482 e. The fourth-order valence-electron chi connectivity index (χ4n) is 0. The molecule has 0 bridgehead atoms. The summed E-state index contributed by atoms with van der Waals surface area (Å²) in [7, 11) is 2.61. The first-order chi connectivity index (χ1) is 1.91. The Hall–Kier alpha value is 1.11. The molecule has 0 aliphatic carbocycles. The molecule has 0 aromatic carbocycles. The number of halogens is 1. The Balaban J connectivity index is 1.97. The molecule has 0 radical (unpaired) electrons. The van der Waals surface area contributed by atoms with Crippen LogP contribution in [0.15, 0.2) is 0 Å². The fourth-order valence-corrected chi connectivity index (χ4v) is 0. The van der Waals surface area contributed by atoms with Crippen LogP contribution in [0.1, 0.15) is 0 Å². The Bertz CT molecular complexity index is 8.00. The van der Waals surface area contributed by atoms with Crippen LogP contribution in [0, 0.1) is 0 Å². The minimum Gasteiger partial charge on any atom is -0.269 e. The van der Waals surface area contributed by atoms with Crippen molar-refractivity contribution in [1.29, 1.82) is 0 Å². The van der Waals surface area contributed by atoms with Gasteiger partial charge in [-0.1, -0.05) is 20.6 Å². The molecule has 0 aromatic heterocycles. The van der Waals surface area contributed by atoms with Gasteiger partial charge in [-0.2, -0.15) is 0 Å². The van der Waals surface area contributed by atoms with Crippen LogP contribution in [0.3, 0.4) is 0 Å². The van der Waals surface area contributed by atoms with Crippen molar-refractivity contribution < 1.29 is 0 Å². The Morgan fingerprint density at radius 3 is 2.25 bits per heavy atom. The first kappa shape index (κ1) is 5.11. The van der Waals surface area contributed by atoms with Crippen LogP contribution in [0.5, 0.6) is 0 Å². The Morgan fingerprint density at radius 1 is 2.00 bits per heavy atom. The molecule has 1 nitrogen and oxygen atoms in total. The second-order valence-corrected chi connectivity index (χ2v) is 2.15. The van der Waals surface area contributed by atoms with Gasteiger partial charge in [-0.15, -0.1) is 0 Å². The third kappa shape index (κ3) is 3.11. The highest BCUT2D eigenvalue weighted by Gasteiger charge is 1.53. The topological polar surface area (TPSA) is 12.0 Å². The van der Waals surface area contributed by atoms with Crippen LogP contribution in [-0.4, -0.2) is 0 Å². The summed E-state index contributed by atoms with van der Waals surface area (Å²) in [5, 5.41) is 0. The van der Waals surface area contributed by atoms with Gasteiger partial charge in [0, 0.05) is 8.08 Å². The molecular weight excluding hydrogens is 111 g/mol. The van der Waals surface area contributed by atoms with Crippen molar-refractivity contribution in [1.82, 2.24) is 4.86 Å². The molecule has 2 atom stereocenters. The minimum atomic E-state index is 0.326. The molecule has 1 N–H and O–H groups in total. The van der Waals surface area contributed by atoms with Crippen molar-refractivity contribution in [3.8, 4) is 0 Å². The number of rotatable bonds is 1. The lowest BCUT2D eigenvalue weighted by atomic mass is 13.9. The van der Waals surface area contributed by atoms with Crippen molar-refractivity contribution in [2.24, 2.45) is 0 Å². The van der Waals surface area contributed by atoms with Crippen molar-refractivity contribution in [3.05, 3.63) is 0 Å². The molecule has 0 saturated carbocycles.